The van der Waals surface area contributed by atoms with Crippen LogP contribution in [-0.4, -0.2) is 14.7 Å². The van der Waals surface area contributed by atoms with E-state index in [1.807, 2.05) is 6.07 Å². The molecule has 1 N–H and O–H groups in total. The van der Waals surface area contributed by atoms with Crippen LogP contribution in [0, 0.1) is 0 Å². The van der Waals surface area contributed by atoms with Crippen LogP contribution in [0.4, 0.5) is 0 Å². The maximum absolute atomic E-state index is 12.4. The molecular weight excluding hydrogens is 288 g/mol. The molecule has 0 spiro atoms. The van der Waals surface area contributed by atoms with Crippen molar-refractivity contribution in [1.29, 1.82) is 0 Å². The van der Waals surface area contributed by atoms with Crippen LogP contribution in [0.3, 0.4) is 0 Å². The molecule has 0 aliphatic carbocycles. The molecule has 1 heterocycles. The van der Waals surface area contributed by atoms with Gasteiger partial charge >= 0.3 is 0 Å². The van der Waals surface area contributed by atoms with E-state index in [1.54, 1.807) is 42.5 Å². The fourth-order valence-corrected chi connectivity index (χ4v) is 2.53. The summed E-state index contributed by atoms with van der Waals surface area (Å²) >= 11 is 6.06. The maximum atomic E-state index is 12.4. The van der Waals surface area contributed by atoms with Crippen molar-refractivity contribution in [2.45, 2.75) is 12.6 Å². The fourth-order valence-electron chi connectivity index (χ4n) is 2.27. The summed E-state index contributed by atoms with van der Waals surface area (Å²) in [7, 11) is 0. The van der Waals surface area contributed by atoms with E-state index in [-0.39, 0.29) is 12.1 Å². The molecule has 0 fully saturated rings. The van der Waals surface area contributed by atoms with Gasteiger partial charge in [0.25, 0.3) is 5.56 Å². The van der Waals surface area contributed by atoms with Gasteiger partial charge in [0, 0.05) is 10.6 Å². The van der Waals surface area contributed by atoms with Crippen LogP contribution in [0.25, 0.3) is 10.9 Å². The molecule has 0 amide bonds. The molecule has 5 heteroatoms. The molecule has 1 aromatic heterocycles. The van der Waals surface area contributed by atoms with Crippen molar-refractivity contribution in [3.05, 3.63) is 75.8 Å². The fraction of sp³-hybridized carbons (Fsp3) is 0.125. The van der Waals surface area contributed by atoms with Gasteiger partial charge in [0.1, 0.15) is 0 Å². The van der Waals surface area contributed by atoms with Gasteiger partial charge in [0.05, 0.1) is 29.9 Å². The number of fused-ring (bicyclic) bond motifs is 1. The molecule has 0 aliphatic rings. The third kappa shape index (κ3) is 2.68. The van der Waals surface area contributed by atoms with Crippen LogP contribution in [0.2, 0.25) is 5.02 Å². The molecule has 1 atom stereocenters. The summed E-state index contributed by atoms with van der Waals surface area (Å²) in [5.41, 5.74) is 1.07. The molecule has 0 radical (unpaired) electrons. The molecule has 0 unspecified atom stereocenters. The van der Waals surface area contributed by atoms with Crippen LogP contribution < -0.4 is 5.56 Å². The predicted octanol–water partition coefficient (Wildman–Crippen LogP) is 2.78. The third-order valence-electron chi connectivity index (χ3n) is 3.37. The third-order valence-corrected chi connectivity index (χ3v) is 3.71. The minimum atomic E-state index is -0.862. The SMILES string of the molecule is O=c1c2ccccc2ncn1C[C@H](O)c1ccccc1Cl. The molecule has 0 bridgehead atoms. The van der Waals surface area contributed by atoms with Crippen LogP contribution in [0.15, 0.2) is 59.7 Å². The molecule has 0 saturated carbocycles. The smallest absolute Gasteiger partial charge is 0.261 e. The number of aliphatic hydroxyl groups is 1. The number of nitrogens with zero attached hydrogens (tertiary/aromatic N) is 2. The highest BCUT2D eigenvalue weighted by molar-refractivity contribution is 6.31. The lowest BCUT2D eigenvalue weighted by Crippen LogP contribution is -2.23. The normalized spacial score (nSPS) is 12.5. The summed E-state index contributed by atoms with van der Waals surface area (Å²) < 4.78 is 1.40. The Kier molecular flexibility index (Phi) is 3.73. The second kappa shape index (κ2) is 5.68. The van der Waals surface area contributed by atoms with Crippen LogP contribution in [0.1, 0.15) is 11.7 Å². The van der Waals surface area contributed by atoms with E-state index in [0.29, 0.717) is 21.5 Å². The maximum Gasteiger partial charge on any atom is 0.261 e. The van der Waals surface area contributed by atoms with Crippen molar-refractivity contribution < 1.29 is 5.11 Å². The Balaban J connectivity index is 1.97. The minimum absolute atomic E-state index is 0.112. The second-order valence-electron chi connectivity index (χ2n) is 4.76. The first kappa shape index (κ1) is 13.8. The van der Waals surface area contributed by atoms with Gasteiger partial charge in [-0.15, -0.1) is 0 Å². The minimum Gasteiger partial charge on any atom is -0.386 e. The van der Waals surface area contributed by atoms with Gasteiger partial charge in [-0.3, -0.25) is 9.36 Å². The van der Waals surface area contributed by atoms with Crippen molar-refractivity contribution in [2.75, 3.05) is 0 Å². The number of para-hydroxylation sites is 1. The zero-order valence-corrected chi connectivity index (χ0v) is 11.9. The van der Waals surface area contributed by atoms with E-state index < -0.39 is 6.10 Å². The molecule has 0 aliphatic heterocycles. The Hall–Kier alpha value is -2.17. The highest BCUT2D eigenvalue weighted by Crippen LogP contribution is 2.23. The van der Waals surface area contributed by atoms with Gasteiger partial charge in [-0.1, -0.05) is 41.9 Å². The lowest BCUT2D eigenvalue weighted by atomic mass is 10.1. The van der Waals surface area contributed by atoms with Gasteiger partial charge in [-0.05, 0) is 18.2 Å². The zero-order chi connectivity index (χ0) is 14.8. The first-order valence-electron chi connectivity index (χ1n) is 6.53. The van der Waals surface area contributed by atoms with E-state index >= 15 is 0 Å². The Morgan fingerprint density at radius 1 is 1.14 bits per heavy atom. The Morgan fingerprint density at radius 3 is 2.67 bits per heavy atom. The van der Waals surface area contributed by atoms with Crippen LogP contribution in [-0.2, 0) is 6.54 Å². The summed E-state index contributed by atoms with van der Waals surface area (Å²) in [6.45, 7) is 0.112. The molecule has 21 heavy (non-hydrogen) atoms. The van der Waals surface area contributed by atoms with E-state index in [0.717, 1.165) is 0 Å². The molecule has 3 rings (SSSR count). The highest BCUT2D eigenvalue weighted by Gasteiger charge is 2.13. The topological polar surface area (TPSA) is 55.1 Å². The van der Waals surface area contributed by atoms with Gasteiger partial charge in [0.2, 0.25) is 0 Å². The summed E-state index contributed by atoms with van der Waals surface area (Å²) in [5.74, 6) is 0. The van der Waals surface area contributed by atoms with Gasteiger partial charge in [-0.2, -0.15) is 0 Å². The quantitative estimate of drug-likeness (QED) is 0.809. The van der Waals surface area contributed by atoms with Crippen molar-refractivity contribution >= 4 is 22.5 Å². The Morgan fingerprint density at radius 2 is 1.86 bits per heavy atom. The lowest BCUT2D eigenvalue weighted by molar-refractivity contribution is 0.155. The zero-order valence-electron chi connectivity index (χ0n) is 11.1. The Bertz CT molecular complexity index is 845. The first-order valence-corrected chi connectivity index (χ1v) is 6.91. The number of aromatic nitrogens is 2. The van der Waals surface area contributed by atoms with E-state index in [1.165, 1.54) is 10.9 Å². The van der Waals surface area contributed by atoms with Crippen molar-refractivity contribution in [1.82, 2.24) is 9.55 Å². The first-order chi connectivity index (χ1) is 10.2. The van der Waals surface area contributed by atoms with Gasteiger partial charge in [-0.25, -0.2) is 4.98 Å². The van der Waals surface area contributed by atoms with E-state index in [2.05, 4.69) is 4.98 Å². The molecule has 0 saturated heterocycles. The molecular formula is C16H13ClN2O2. The average molecular weight is 301 g/mol. The second-order valence-corrected chi connectivity index (χ2v) is 5.16. The lowest BCUT2D eigenvalue weighted by Gasteiger charge is -2.14. The number of halogens is 1. The molecule has 3 aromatic rings. The monoisotopic (exact) mass is 300 g/mol. The number of rotatable bonds is 3. The van der Waals surface area contributed by atoms with Gasteiger partial charge < -0.3 is 5.11 Å². The van der Waals surface area contributed by atoms with Crippen molar-refractivity contribution in [3.8, 4) is 0 Å². The highest BCUT2D eigenvalue weighted by atomic mass is 35.5. The van der Waals surface area contributed by atoms with E-state index in [4.69, 9.17) is 11.6 Å². The van der Waals surface area contributed by atoms with E-state index in [9.17, 15) is 9.90 Å². The molecule has 4 nitrogen and oxygen atoms in total. The average Bonchev–Trinajstić information content (AvgIpc) is 2.51. The summed E-state index contributed by atoms with van der Waals surface area (Å²) in [6, 6.07) is 14.2. The van der Waals surface area contributed by atoms with Crippen molar-refractivity contribution in [3.63, 3.8) is 0 Å². The summed E-state index contributed by atoms with van der Waals surface area (Å²) in [6.07, 6.45) is 0.587. The molecule has 2 aromatic carbocycles. The Labute approximate surface area is 126 Å². The van der Waals surface area contributed by atoms with Gasteiger partial charge in [0.15, 0.2) is 0 Å². The van der Waals surface area contributed by atoms with Crippen LogP contribution in [0.5, 0.6) is 0 Å². The van der Waals surface area contributed by atoms with Crippen LogP contribution >= 0.6 is 11.6 Å². The number of aliphatic hydroxyl groups excluding tert-OH is 1. The number of hydrogen-bond donors (Lipinski definition) is 1. The molecule has 106 valence electrons. The van der Waals surface area contributed by atoms with Crippen molar-refractivity contribution in [2.24, 2.45) is 0 Å². The summed E-state index contributed by atoms with van der Waals surface area (Å²) in [4.78, 5) is 16.6. The number of hydrogen-bond acceptors (Lipinski definition) is 3. The standard InChI is InChI=1S/C16H13ClN2O2/c17-13-7-3-1-5-11(13)15(20)9-19-10-18-14-8-4-2-6-12(14)16(19)21/h1-8,10,15,20H,9H2/t15-/m0/s1. The predicted molar refractivity (Wildman–Crippen MR) is 82.4 cm³/mol. The number of benzene rings is 2. The largest absolute Gasteiger partial charge is 0.386 e. The summed E-state index contributed by atoms with van der Waals surface area (Å²) in [5, 5.41) is 11.3.